The number of carbonyl (C=O) groups is 2. The number of hydrogen-bond donors (Lipinski definition) is 1. The van der Waals surface area contributed by atoms with Gasteiger partial charge in [0, 0.05) is 17.9 Å². The molecule has 5 heteroatoms. The molecule has 0 atom stereocenters. The molecule has 0 fully saturated rings. The molecule has 3 aromatic rings. The van der Waals surface area contributed by atoms with E-state index in [-0.39, 0.29) is 18.2 Å². The monoisotopic (exact) mass is 372 g/mol. The Morgan fingerprint density at radius 2 is 1.54 bits per heavy atom. The summed E-state index contributed by atoms with van der Waals surface area (Å²) in [6, 6.07) is 24.3. The fourth-order valence-electron chi connectivity index (χ4n) is 3.27. The second kappa shape index (κ2) is 7.96. The highest BCUT2D eigenvalue weighted by Gasteiger charge is 2.25. The molecule has 0 radical (unpaired) electrons. The number of fused-ring (bicyclic) bond motifs is 1. The van der Waals surface area contributed by atoms with Gasteiger partial charge >= 0.3 is 0 Å². The number of carbonyl (C=O) groups excluding carboxylic acids is 2. The summed E-state index contributed by atoms with van der Waals surface area (Å²) in [5, 5.41) is 2.77. The van der Waals surface area contributed by atoms with Crippen molar-refractivity contribution >= 4 is 23.2 Å². The molecule has 1 heterocycles. The van der Waals surface area contributed by atoms with Gasteiger partial charge in [-0.1, -0.05) is 36.4 Å². The predicted octanol–water partition coefficient (Wildman–Crippen LogP) is 4.40. The Labute approximate surface area is 163 Å². The maximum absolute atomic E-state index is 12.5. The molecule has 28 heavy (non-hydrogen) atoms. The zero-order chi connectivity index (χ0) is 19.3. The third kappa shape index (κ3) is 4.04. The van der Waals surface area contributed by atoms with Crippen LogP contribution >= 0.6 is 0 Å². The first-order chi connectivity index (χ1) is 13.7. The molecular formula is C23H20N2O3. The number of nitrogens with zero attached hydrogens (tertiary/aromatic N) is 1. The Morgan fingerprint density at radius 1 is 0.857 bits per heavy atom. The first kappa shape index (κ1) is 17.8. The van der Waals surface area contributed by atoms with E-state index in [0.717, 1.165) is 23.4 Å². The number of amides is 2. The molecule has 140 valence electrons. The van der Waals surface area contributed by atoms with Crippen molar-refractivity contribution in [2.24, 2.45) is 0 Å². The van der Waals surface area contributed by atoms with Gasteiger partial charge in [0.25, 0.3) is 0 Å². The largest absolute Gasteiger partial charge is 0.457 e. The predicted molar refractivity (Wildman–Crippen MR) is 109 cm³/mol. The number of benzene rings is 3. The molecule has 0 aliphatic carbocycles. The number of nitrogens with one attached hydrogen (secondary N) is 1. The molecule has 3 aromatic carbocycles. The van der Waals surface area contributed by atoms with Gasteiger partial charge in [0.05, 0.1) is 0 Å². The normalized spacial score (nSPS) is 12.4. The summed E-state index contributed by atoms with van der Waals surface area (Å²) in [6.07, 6.45) is 0.642. The summed E-state index contributed by atoms with van der Waals surface area (Å²) in [5.41, 5.74) is 2.67. The van der Waals surface area contributed by atoms with Crippen molar-refractivity contribution in [3.63, 3.8) is 0 Å². The minimum atomic E-state index is -0.328. The summed E-state index contributed by atoms with van der Waals surface area (Å²) in [4.78, 5) is 26.5. The van der Waals surface area contributed by atoms with Crippen LogP contribution in [0.2, 0.25) is 0 Å². The highest BCUT2D eigenvalue weighted by molar-refractivity contribution is 6.09. The Kier molecular flexibility index (Phi) is 5.06. The van der Waals surface area contributed by atoms with Gasteiger partial charge in [0.1, 0.15) is 17.9 Å². The van der Waals surface area contributed by atoms with Crippen LogP contribution in [0.5, 0.6) is 11.5 Å². The Morgan fingerprint density at radius 3 is 2.32 bits per heavy atom. The molecule has 0 unspecified atom stereocenters. The van der Waals surface area contributed by atoms with Crippen molar-refractivity contribution < 1.29 is 14.3 Å². The average Bonchev–Trinajstić information content (AvgIpc) is 3.14. The van der Waals surface area contributed by atoms with Crippen LogP contribution in [-0.4, -0.2) is 18.4 Å². The Bertz CT molecular complexity index is 984. The Hall–Kier alpha value is -3.60. The zero-order valence-electron chi connectivity index (χ0n) is 15.3. The molecule has 5 nitrogen and oxygen atoms in total. The molecule has 4 rings (SSSR count). The van der Waals surface area contributed by atoms with E-state index in [1.807, 2.05) is 54.6 Å². The molecule has 0 saturated carbocycles. The third-order valence-electron chi connectivity index (χ3n) is 4.62. The average molecular weight is 372 g/mol. The van der Waals surface area contributed by atoms with Crippen LogP contribution in [0, 0.1) is 0 Å². The number of rotatable bonds is 5. The van der Waals surface area contributed by atoms with Crippen LogP contribution in [0.4, 0.5) is 11.4 Å². The van der Waals surface area contributed by atoms with Gasteiger partial charge in [-0.25, -0.2) is 0 Å². The molecule has 0 spiro atoms. The van der Waals surface area contributed by atoms with Crippen molar-refractivity contribution in [2.75, 3.05) is 16.8 Å². The first-order valence-electron chi connectivity index (χ1n) is 9.20. The van der Waals surface area contributed by atoms with E-state index in [0.29, 0.717) is 18.0 Å². The highest BCUT2D eigenvalue weighted by Crippen LogP contribution is 2.28. The van der Waals surface area contributed by atoms with Gasteiger partial charge in [0.15, 0.2) is 0 Å². The summed E-state index contributed by atoms with van der Waals surface area (Å²) < 4.78 is 5.73. The van der Waals surface area contributed by atoms with Crippen LogP contribution in [-0.2, 0) is 16.0 Å². The summed E-state index contributed by atoms with van der Waals surface area (Å²) in [6.45, 7) is 0.622. The van der Waals surface area contributed by atoms with Crippen molar-refractivity contribution in [2.45, 2.75) is 12.8 Å². The Balaban J connectivity index is 1.33. The van der Waals surface area contributed by atoms with Gasteiger partial charge in [-0.3, -0.25) is 9.59 Å². The number of para-hydroxylation sites is 2. The van der Waals surface area contributed by atoms with Crippen LogP contribution in [0.1, 0.15) is 12.0 Å². The molecule has 0 aromatic heterocycles. The topological polar surface area (TPSA) is 58.6 Å². The SMILES string of the molecule is O=C(CC(=O)N1CCc2ccccc21)Nc1ccc(Oc2ccccc2)cc1. The molecule has 0 saturated heterocycles. The van der Waals surface area contributed by atoms with E-state index in [2.05, 4.69) is 5.32 Å². The highest BCUT2D eigenvalue weighted by atomic mass is 16.5. The maximum atomic E-state index is 12.5. The minimum absolute atomic E-state index is 0.184. The lowest BCUT2D eigenvalue weighted by Gasteiger charge is -2.17. The fourth-order valence-corrected chi connectivity index (χ4v) is 3.27. The first-order valence-corrected chi connectivity index (χ1v) is 9.20. The van der Waals surface area contributed by atoms with E-state index < -0.39 is 0 Å². The van der Waals surface area contributed by atoms with Crippen molar-refractivity contribution in [1.29, 1.82) is 0 Å². The fraction of sp³-hybridized carbons (Fsp3) is 0.130. The lowest BCUT2D eigenvalue weighted by molar-refractivity contribution is -0.125. The lowest BCUT2D eigenvalue weighted by atomic mass is 10.2. The molecule has 1 aliphatic rings. The molecule has 2 amide bonds. The van der Waals surface area contributed by atoms with Crippen LogP contribution < -0.4 is 15.0 Å². The van der Waals surface area contributed by atoms with Crippen molar-refractivity contribution in [3.05, 3.63) is 84.4 Å². The molecule has 1 N–H and O–H groups in total. The number of ether oxygens (including phenoxy) is 1. The van der Waals surface area contributed by atoms with E-state index in [1.54, 1.807) is 29.2 Å². The van der Waals surface area contributed by atoms with Crippen molar-refractivity contribution in [3.8, 4) is 11.5 Å². The van der Waals surface area contributed by atoms with Crippen LogP contribution in [0.3, 0.4) is 0 Å². The molecular weight excluding hydrogens is 352 g/mol. The second-order valence-electron chi connectivity index (χ2n) is 6.59. The lowest BCUT2D eigenvalue weighted by Crippen LogP contribution is -2.32. The third-order valence-corrected chi connectivity index (χ3v) is 4.62. The number of hydrogen-bond acceptors (Lipinski definition) is 3. The summed E-state index contributed by atoms with van der Waals surface area (Å²) in [5.74, 6) is 0.905. The van der Waals surface area contributed by atoms with Gasteiger partial charge < -0.3 is 15.0 Å². The molecule has 1 aliphatic heterocycles. The van der Waals surface area contributed by atoms with E-state index in [1.165, 1.54) is 0 Å². The maximum Gasteiger partial charge on any atom is 0.236 e. The summed E-state index contributed by atoms with van der Waals surface area (Å²) >= 11 is 0. The van der Waals surface area contributed by atoms with Gasteiger partial charge in [-0.15, -0.1) is 0 Å². The number of anilines is 2. The van der Waals surface area contributed by atoms with E-state index in [9.17, 15) is 9.59 Å². The van der Waals surface area contributed by atoms with Crippen LogP contribution in [0.15, 0.2) is 78.9 Å². The smallest absolute Gasteiger partial charge is 0.236 e. The zero-order valence-corrected chi connectivity index (χ0v) is 15.3. The second-order valence-corrected chi connectivity index (χ2v) is 6.59. The molecule has 0 bridgehead atoms. The van der Waals surface area contributed by atoms with Gasteiger partial charge in [0.2, 0.25) is 11.8 Å². The van der Waals surface area contributed by atoms with Gasteiger partial charge in [-0.05, 0) is 54.4 Å². The summed E-state index contributed by atoms with van der Waals surface area (Å²) in [7, 11) is 0. The minimum Gasteiger partial charge on any atom is -0.457 e. The van der Waals surface area contributed by atoms with Crippen LogP contribution in [0.25, 0.3) is 0 Å². The standard InChI is InChI=1S/C23H20N2O3/c26-22(16-23(27)25-15-14-17-6-4-5-9-21(17)25)24-18-10-12-20(13-11-18)28-19-7-2-1-3-8-19/h1-13H,14-16H2,(H,24,26). The van der Waals surface area contributed by atoms with E-state index >= 15 is 0 Å². The van der Waals surface area contributed by atoms with Crippen molar-refractivity contribution in [1.82, 2.24) is 0 Å². The van der Waals surface area contributed by atoms with Gasteiger partial charge in [-0.2, -0.15) is 0 Å². The van der Waals surface area contributed by atoms with E-state index in [4.69, 9.17) is 4.74 Å². The quantitative estimate of drug-likeness (QED) is 0.676.